The van der Waals surface area contributed by atoms with Gasteiger partial charge in [-0.3, -0.25) is 0 Å². The molecular weight excluding hydrogens is 168 g/mol. The second-order valence-electron chi connectivity index (χ2n) is 4.64. The fraction of sp³-hybridized carbons (Fsp3) is 1.00. The van der Waals surface area contributed by atoms with Crippen LogP contribution in [0.25, 0.3) is 0 Å². The minimum atomic E-state index is -0.208. The van der Waals surface area contributed by atoms with E-state index in [-0.39, 0.29) is 17.0 Å². The Kier molecular flexibility index (Phi) is 3.29. The molecule has 1 rings (SSSR count). The first-order valence-electron chi connectivity index (χ1n) is 4.83. The Labute approximate surface area is 80.0 Å². The molecule has 0 saturated carbocycles. The lowest BCUT2D eigenvalue weighted by atomic mass is 10.2. The Morgan fingerprint density at radius 2 is 1.85 bits per heavy atom. The Balaban J connectivity index is 2.33. The summed E-state index contributed by atoms with van der Waals surface area (Å²) in [6.07, 6.45) is 0. The van der Waals surface area contributed by atoms with Crippen molar-refractivity contribution in [2.75, 3.05) is 32.9 Å². The predicted molar refractivity (Wildman–Crippen MR) is 51.9 cm³/mol. The van der Waals surface area contributed by atoms with Crippen molar-refractivity contribution >= 4 is 0 Å². The highest BCUT2D eigenvalue weighted by atomic mass is 16.6. The predicted octanol–water partition coefficient (Wildman–Crippen LogP) is 0.677. The van der Waals surface area contributed by atoms with Gasteiger partial charge in [0.25, 0.3) is 0 Å². The molecule has 0 aromatic carbocycles. The maximum atomic E-state index is 11.9. The molecule has 0 aromatic rings. The summed E-state index contributed by atoms with van der Waals surface area (Å²) in [5, 5.41) is 15.1. The van der Waals surface area contributed by atoms with Crippen molar-refractivity contribution in [2.24, 2.45) is 0 Å². The summed E-state index contributed by atoms with van der Waals surface area (Å²) >= 11 is 0. The van der Waals surface area contributed by atoms with Gasteiger partial charge in [-0.15, -0.1) is 0 Å². The molecule has 1 saturated heterocycles. The standard InChI is InChI=1S/C9H20N2O2/c1-9(2,3)13-8-11(12)6-4-10-5-7-11/h10H,4-8H2,1-3H3. The van der Waals surface area contributed by atoms with E-state index in [1.165, 1.54) is 0 Å². The highest BCUT2D eigenvalue weighted by molar-refractivity contribution is 4.59. The van der Waals surface area contributed by atoms with Crippen LogP contribution in [-0.4, -0.2) is 43.2 Å². The van der Waals surface area contributed by atoms with E-state index in [1.807, 2.05) is 20.8 Å². The van der Waals surface area contributed by atoms with Gasteiger partial charge in [0.05, 0.1) is 18.7 Å². The third-order valence-electron chi connectivity index (χ3n) is 2.13. The molecule has 13 heavy (non-hydrogen) atoms. The molecule has 0 amide bonds. The number of piperazine rings is 1. The van der Waals surface area contributed by atoms with E-state index in [9.17, 15) is 5.21 Å². The molecule has 1 fully saturated rings. The summed E-state index contributed by atoms with van der Waals surface area (Å²) < 4.78 is 5.30. The second kappa shape index (κ2) is 3.92. The van der Waals surface area contributed by atoms with Crippen LogP contribution in [0.1, 0.15) is 20.8 Å². The van der Waals surface area contributed by atoms with E-state index in [1.54, 1.807) is 0 Å². The topological polar surface area (TPSA) is 44.3 Å². The maximum Gasteiger partial charge on any atom is 0.183 e. The van der Waals surface area contributed by atoms with Crippen LogP contribution < -0.4 is 5.32 Å². The van der Waals surface area contributed by atoms with Crippen LogP contribution in [0.4, 0.5) is 0 Å². The zero-order chi connectivity index (χ0) is 9.95. The number of quaternary nitrogens is 1. The van der Waals surface area contributed by atoms with Crippen LogP contribution in [0.15, 0.2) is 0 Å². The number of hydrogen-bond acceptors (Lipinski definition) is 3. The van der Waals surface area contributed by atoms with Gasteiger partial charge in [0.2, 0.25) is 0 Å². The molecule has 0 aliphatic carbocycles. The van der Waals surface area contributed by atoms with Crippen LogP contribution in [0.5, 0.6) is 0 Å². The summed E-state index contributed by atoms with van der Waals surface area (Å²) in [7, 11) is 0. The quantitative estimate of drug-likeness (QED) is 0.512. The number of rotatable bonds is 2. The molecule has 4 nitrogen and oxygen atoms in total. The average Bonchev–Trinajstić information content (AvgIpc) is 2.02. The zero-order valence-corrected chi connectivity index (χ0v) is 8.80. The Morgan fingerprint density at radius 3 is 2.31 bits per heavy atom. The minimum Gasteiger partial charge on any atom is -0.631 e. The van der Waals surface area contributed by atoms with Crippen molar-refractivity contribution < 1.29 is 9.38 Å². The molecule has 1 aliphatic heterocycles. The molecule has 0 radical (unpaired) electrons. The van der Waals surface area contributed by atoms with Gasteiger partial charge >= 0.3 is 0 Å². The van der Waals surface area contributed by atoms with E-state index < -0.39 is 0 Å². The summed E-state index contributed by atoms with van der Waals surface area (Å²) in [5.74, 6) is 0. The largest absolute Gasteiger partial charge is 0.631 e. The van der Waals surface area contributed by atoms with E-state index >= 15 is 0 Å². The Hall–Kier alpha value is -0.160. The smallest absolute Gasteiger partial charge is 0.183 e. The fourth-order valence-corrected chi connectivity index (χ4v) is 1.24. The molecule has 0 spiro atoms. The van der Waals surface area contributed by atoms with Crippen LogP contribution in [-0.2, 0) is 4.74 Å². The molecule has 0 aromatic heterocycles. The minimum absolute atomic E-state index is 0.204. The van der Waals surface area contributed by atoms with Gasteiger partial charge in [-0.25, -0.2) is 0 Å². The molecule has 1 heterocycles. The van der Waals surface area contributed by atoms with Gasteiger partial charge in [0.1, 0.15) is 0 Å². The number of hydrogen-bond donors (Lipinski definition) is 1. The van der Waals surface area contributed by atoms with E-state index in [0.717, 1.165) is 13.1 Å². The van der Waals surface area contributed by atoms with Crippen LogP contribution >= 0.6 is 0 Å². The molecule has 0 bridgehead atoms. The third-order valence-corrected chi connectivity index (χ3v) is 2.13. The third kappa shape index (κ3) is 4.04. The van der Waals surface area contributed by atoms with Crippen LogP contribution in [0.2, 0.25) is 0 Å². The van der Waals surface area contributed by atoms with Gasteiger partial charge in [0.15, 0.2) is 6.73 Å². The summed E-state index contributed by atoms with van der Waals surface area (Å²) in [4.78, 5) is 0. The average molecular weight is 188 g/mol. The second-order valence-corrected chi connectivity index (χ2v) is 4.64. The molecule has 0 unspecified atom stereocenters. The SMILES string of the molecule is CC(C)(C)OC[N+]1([O-])CCNCC1. The first-order chi connectivity index (χ1) is 5.91. The Morgan fingerprint density at radius 1 is 1.31 bits per heavy atom. The molecular formula is C9H20N2O2. The normalized spacial score (nSPS) is 23.1. The van der Waals surface area contributed by atoms with Crippen molar-refractivity contribution in [3.63, 3.8) is 0 Å². The molecule has 1 aliphatic rings. The van der Waals surface area contributed by atoms with Crippen LogP contribution in [0.3, 0.4) is 0 Å². The zero-order valence-electron chi connectivity index (χ0n) is 8.80. The van der Waals surface area contributed by atoms with Gasteiger partial charge in [-0.2, -0.15) is 0 Å². The van der Waals surface area contributed by atoms with Gasteiger partial charge in [-0.05, 0) is 20.8 Å². The molecule has 4 heteroatoms. The first-order valence-corrected chi connectivity index (χ1v) is 4.83. The Bertz CT molecular complexity index is 159. The summed E-state index contributed by atoms with van der Waals surface area (Å²) in [6, 6.07) is 0. The maximum absolute atomic E-state index is 11.9. The van der Waals surface area contributed by atoms with Gasteiger partial charge in [-0.1, -0.05) is 0 Å². The number of nitrogens with zero attached hydrogens (tertiary/aromatic N) is 1. The molecule has 0 atom stereocenters. The highest BCUT2D eigenvalue weighted by Gasteiger charge is 2.23. The fourth-order valence-electron chi connectivity index (χ4n) is 1.24. The van der Waals surface area contributed by atoms with Crippen LogP contribution in [0, 0.1) is 5.21 Å². The van der Waals surface area contributed by atoms with E-state index in [2.05, 4.69) is 5.32 Å². The lowest BCUT2D eigenvalue weighted by Crippen LogP contribution is -2.56. The number of ether oxygens (including phenoxy) is 1. The van der Waals surface area contributed by atoms with Crippen molar-refractivity contribution in [2.45, 2.75) is 26.4 Å². The first kappa shape index (κ1) is 10.9. The van der Waals surface area contributed by atoms with E-state index in [0.29, 0.717) is 13.1 Å². The van der Waals surface area contributed by atoms with Crippen molar-refractivity contribution in [3.8, 4) is 0 Å². The van der Waals surface area contributed by atoms with E-state index in [4.69, 9.17) is 4.74 Å². The van der Waals surface area contributed by atoms with Crippen molar-refractivity contribution in [1.82, 2.24) is 5.32 Å². The highest BCUT2D eigenvalue weighted by Crippen LogP contribution is 2.12. The lowest BCUT2D eigenvalue weighted by Gasteiger charge is -2.46. The summed E-state index contributed by atoms with van der Waals surface area (Å²) in [6.45, 7) is 9.05. The molecule has 1 N–H and O–H groups in total. The van der Waals surface area contributed by atoms with Gasteiger partial charge < -0.3 is 19.9 Å². The van der Waals surface area contributed by atoms with Crippen molar-refractivity contribution in [1.29, 1.82) is 0 Å². The number of nitrogens with one attached hydrogen (secondary N) is 1. The van der Waals surface area contributed by atoms with Crippen molar-refractivity contribution in [3.05, 3.63) is 5.21 Å². The summed E-state index contributed by atoms with van der Waals surface area (Å²) in [5.41, 5.74) is -0.208. The van der Waals surface area contributed by atoms with Gasteiger partial charge in [0, 0.05) is 13.1 Å². The molecule has 78 valence electrons. The lowest BCUT2D eigenvalue weighted by molar-refractivity contribution is -0.903. The number of hydroxylamine groups is 3. The monoisotopic (exact) mass is 188 g/mol.